The summed E-state index contributed by atoms with van der Waals surface area (Å²) in [5, 5.41) is 3.04. The molecule has 1 aliphatic rings. The molecule has 1 aliphatic heterocycles. The van der Waals surface area contributed by atoms with E-state index < -0.39 is 15.9 Å². The summed E-state index contributed by atoms with van der Waals surface area (Å²) in [5.74, 6) is 0.588. The first-order chi connectivity index (χ1) is 12.8. The lowest BCUT2D eigenvalue weighted by Crippen LogP contribution is -2.15. The highest BCUT2D eigenvalue weighted by molar-refractivity contribution is 7.92. The number of hydrogen-bond donors (Lipinski definition) is 2. The van der Waals surface area contributed by atoms with Crippen LogP contribution in [0.2, 0.25) is 5.02 Å². The van der Waals surface area contributed by atoms with E-state index in [9.17, 15) is 13.2 Å². The predicted octanol–water partition coefficient (Wildman–Crippen LogP) is 3.13. The van der Waals surface area contributed by atoms with Gasteiger partial charge in [-0.3, -0.25) is 9.52 Å². The first-order valence-electron chi connectivity index (χ1n) is 7.97. The van der Waals surface area contributed by atoms with Crippen LogP contribution in [-0.4, -0.2) is 33.8 Å². The number of hydrogen-bond acceptors (Lipinski definition) is 5. The van der Waals surface area contributed by atoms with E-state index in [1.54, 1.807) is 42.5 Å². The Hall–Kier alpha value is -2.71. The quantitative estimate of drug-likeness (QED) is 0.741. The molecule has 0 spiro atoms. The molecule has 0 aromatic heterocycles. The van der Waals surface area contributed by atoms with Crippen LogP contribution in [0.5, 0.6) is 11.5 Å². The Kier molecular flexibility index (Phi) is 5.57. The summed E-state index contributed by atoms with van der Waals surface area (Å²) in [6.07, 6.45) is 3.93. The molecule has 7 nitrogen and oxygen atoms in total. The van der Waals surface area contributed by atoms with Crippen molar-refractivity contribution in [2.45, 2.75) is 0 Å². The second-order valence-electron chi connectivity index (χ2n) is 5.77. The minimum Gasteiger partial charge on any atom is -0.486 e. The molecule has 0 saturated carbocycles. The van der Waals surface area contributed by atoms with Crippen LogP contribution in [0, 0.1) is 0 Å². The van der Waals surface area contributed by atoms with Crippen LogP contribution in [0.25, 0.3) is 6.08 Å². The zero-order valence-electron chi connectivity index (χ0n) is 14.4. The molecule has 2 aromatic rings. The Morgan fingerprint density at radius 2 is 1.85 bits per heavy atom. The first-order valence-corrected chi connectivity index (χ1v) is 10.2. The summed E-state index contributed by atoms with van der Waals surface area (Å²) in [4.78, 5) is 12.2. The fraction of sp³-hybridized carbons (Fsp3) is 0.167. The van der Waals surface area contributed by atoms with E-state index in [2.05, 4.69) is 10.0 Å². The molecule has 0 bridgehead atoms. The Morgan fingerprint density at radius 1 is 1.15 bits per heavy atom. The van der Waals surface area contributed by atoms with E-state index in [-0.39, 0.29) is 5.69 Å². The van der Waals surface area contributed by atoms with Crippen LogP contribution >= 0.6 is 11.6 Å². The summed E-state index contributed by atoms with van der Waals surface area (Å²) >= 11 is 6.17. The van der Waals surface area contributed by atoms with Crippen LogP contribution in [-0.2, 0) is 14.8 Å². The molecule has 27 heavy (non-hydrogen) atoms. The molecule has 0 unspecified atom stereocenters. The van der Waals surface area contributed by atoms with Crippen LogP contribution in [0.3, 0.4) is 0 Å². The number of halogens is 1. The molecule has 1 heterocycles. The molecule has 0 atom stereocenters. The zero-order chi connectivity index (χ0) is 19.4. The minimum atomic E-state index is -3.46. The van der Waals surface area contributed by atoms with Crippen molar-refractivity contribution >= 4 is 45.0 Å². The average molecular weight is 409 g/mol. The van der Waals surface area contributed by atoms with Crippen molar-refractivity contribution in [3.63, 3.8) is 0 Å². The molecule has 0 fully saturated rings. The fourth-order valence-corrected chi connectivity index (χ4v) is 3.31. The van der Waals surface area contributed by atoms with Crippen LogP contribution in [0.4, 0.5) is 11.4 Å². The largest absolute Gasteiger partial charge is 0.486 e. The summed E-state index contributed by atoms with van der Waals surface area (Å²) in [7, 11) is -3.46. The van der Waals surface area contributed by atoms with E-state index in [0.717, 1.165) is 6.26 Å². The molecule has 0 aliphatic carbocycles. The van der Waals surface area contributed by atoms with E-state index >= 15 is 0 Å². The van der Waals surface area contributed by atoms with Crippen LogP contribution in [0.1, 0.15) is 5.56 Å². The van der Waals surface area contributed by atoms with Gasteiger partial charge < -0.3 is 14.8 Å². The third-order valence-electron chi connectivity index (χ3n) is 3.53. The maximum Gasteiger partial charge on any atom is 0.248 e. The van der Waals surface area contributed by atoms with Gasteiger partial charge in [0.15, 0.2) is 11.5 Å². The standard InChI is InChI=1S/C18H17ClN2O5S/c1-27(23,24)21-15-5-3-2-4-14(15)20-17(22)7-6-12-10-13(19)18-16(11-12)25-8-9-26-18/h2-7,10-11,21H,8-9H2,1H3,(H,20,22)/b7-6+. The van der Waals surface area contributed by atoms with Gasteiger partial charge in [-0.15, -0.1) is 0 Å². The zero-order valence-corrected chi connectivity index (χ0v) is 15.9. The highest BCUT2D eigenvalue weighted by Crippen LogP contribution is 2.38. The number of carbonyl (C=O) groups excluding carboxylic acids is 1. The SMILES string of the molecule is CS(=O)(=O)Nc1ccccc1NC(=O)/C=C/c1cc(Cl)c2c(c1)OCCO2. The minimum absolute atomic E-state index is 0.282. The van der Waals surface area contributed by atoms with Crippen LogP contribution in [0.15, 0.2) is 42.5 Å². The van der Waals surface area contributed by atoms with Crippen molar-refractivity contribution in [1.82, 2.24) is 0 Å². The normalized spacial score (nSPS) is 13.4. The smallest absolute Gasteiger partial charge is 0.248 e. The van der Waals surface area contributed by atoms with E-state index in [1.165, 1.54) is 6.08 Å². The number of para-hydroxylation sites is 2. The van der Waals surface area contributed by atoms with Gasteiger partial charge in [0.05, 0.1) is 22.7 Å². The van der Waals surface area contributed by atoms with Crippen molar-refractivity contribution in [1.29, 1.82) is 0 Å². The fourth-order valence-electron chi connectivity index (χ4n) is 2.45. The van der Waals surface area contributed by atoms with Gasteiger partial charge in [0.1, 0.15) is 13.2 Å². The van der Waals surface area contributed by atoms with Gasteiger partial charge in [-0.05, 0) is 35.9 Å². The number of nitrogens with one attached hydrogen (secondary N) is 2. The molecular formula is C18H17ClN2O5S. The van der Waals surface area contributed by atoms with Crippen molar-refractivity contribution in [2.24, 2.45) is 0 Å². The Balaban J connectivity index is 1.74. The highest BCUT2D eigenvalue weighted by Gasteiger charge is 2.16. The maximum atomic E-state index is 12.2. The number of sulfonamides is 1. The summed E-state index contributed by atoms with van der Waals surface area (Å²) in [6, 6.07) is 9.89. The third-order valence-corrected chi connectivity index (χ3v) is 4.40. The van der Waals surface area contributed by atoms with E-state index in [4.69, 9.17) is 21.1 Å². The molecule has 3 rings (SSSR count). The molecule has 0 radical (unpaired) electrons. The summed E-state index contributed by atoms with van der Waals surface area (Å²) < 4.78 is 36.2. The lowest BCUT2D eigenvalue weighted by molar-refractivity contribution is -0.111. The summed E-state index contributed by atoms with van der Waals surface area (Å²) in [6.45, 7) is 0.867. The molecule has 9 heteroatoms. The molecule has 2 aromatic carbocycles. The molecular weight excluding hydrogens is 392 g/mol. The predicted molar refractivity (Wildman–Crippen MR) is 105 cm³/mol. The monoisotopic (exact) mass is 408 g/mol. The van der Waals surface area contributed by atoms with E-state index in [1.807, 2.05) is 0 Å². The van der Waals surface area contributed by atoms with Crippen LogP contribution < -0.4 is 19.5 Å². The highest BCUT2D eigenvalue weighted by atomic mass is 35.5. The van der Waals surface area contributed by atoms with E-state index in [0.29, 0.717) is 41.0 Å². The molecule has 2 N–H and O–H groups in total. The van der Waals surface area contributed by atoms with Gasteiger partial charge >= 0.3 is 0 Å². The topological polar surface area (TPSA) is 93.7 Å². The van der Waals surface area contributed by atoms with Gasteiger partial charge in [-0.25, -0.2) is 8.42 Å². The Morgan fingerprint density at radius 3 is 2.59 bits per heavy atom. The number of anilines is 2. The number of ether oxygens (including phenoxy) is 2. The summed E-state index contributed by atoms with van der Waals surface area (Å²) in [5.41, 5.74) is 1.30. The van der Waals surface area contributed by atoms with Gasteiger partial charge in [-0.2, -0.15) is 0 Å². The van der Waals surface area contributed by atoms with Crippen molar-refractivity contribution in [2.75, 3.05) is 29.5 Å². The van der Waals surface area contributed by atoms with Gasteiger partial charge in [0.25, 0.3) is 0 Å². The van der Waals surface area contributed by atoms with Crippen molar-refractivity contribution < 1.29 is 22.7 Å². The molecule has 1 amide bonds. The number of rotatable bonds is 5. The number of amides is 1. The third kappa shape index (κ3) is 5.15. The second-order valence-corrected chi connectivity index (χ2v) is 7.92. The van der Waals surface area contributed by atoms with Crippen molar-refractivity contribution in [3.05, 3.63) is 53.1 Å². The Bertz CT molecular complexity index is 1000. The average Bonchev–Trinajstić information content (AvgIpc) is 2.60. The molecule has 0 saturated heterocycles. The van der Waals surface area contributed by atoms with Gasteiger partial charge in [0.2, 0.25) is 15.9 Å². The molecule has 142 valence electrons. The number of carbonyl (C=O) groups is 1. The second kappa shape index (κ2) is 7.89. The maximum absolute atomic E-state index is 12.2. The Labute approximate surface area is 162 Å². The number of benzene rings is 2. The lowest BCUT2D eigenvalue weighted by atomic mass is 10.1. The lowest BCUT2D eigenvalue weighted by Gasteiger charge is -2.19. The van der Waals surface area contributed by atoms with Gasteiger partial charge in [0, 0.05) is 6.08 Å². The first kappa shape index (κ1) is 19.1. The van der Waals surface area contributed by atoms with Gasteiger partial charge in [-0.1, -0.05) is 23.7 Å². The van der Waals surface area contributed by atoms with Crippen molar-refractivity contribution in [3.8, 4) is 11.5 Å². The number of fused-ring (bicyclic) bond motifs is 1.